The molecule has 68 valence electrons. The number of rotatable bonds is 1. The zero-order chi connectivity index (χ0) is 9.42. The number of amides is 1. The fourth-order valence-corrected chi connectivity index (χ4v) is 1.72. The third-order valence-corrected chi connectivity index (χ3v) is 2.39. The highest BCUT2D eigenvalue weighted by molar-refractivity contribution is 6.03. The Morgan fingerprint density at radius 2 is 2.31 bits per heavy atom. The lowest BCUT2D eigenvalue weighted by atomic mass is 9.98. The number of carbonyl (C=O) groups is 1. The maximum Gasteiger partial charge on any atom is 0.231 e. The van der Waals surface area contributed by atoms with E-state index >= 15 is 0 Å². The minimum Gasteiger partial charge on any atom is -0.508 e. The minimum absolute atomic E-state index is 0.0306. The van der Waals surface area contributed by atoms with Gasteiger partial charge in [0.25, 0.3) is 0 Å². The van der Waals surface area contributed by atoms with E-state index in [1.54, 1.807) is 18.2 Å². The first-order chi connectivity index (χ1) is 6.22. The standard InChI is InChI=1S/C10H11NO2/c1-2-7-8-4-3-6(12)5-9(8)11-10(7)13/h3-5,7,12H,2H2,1H3,(H,11,13). The van der Waals surface area contributed by atoms with E-state index < -0.39 is 0 Å². The molecular formula is C10H11NO2. The molecule has 0 aromatic heterocycles. The normalized spacial score (nSPS) is 19.8. The van der Waals surface area contributed by atoms with Crippen LogP contribution in [-0.2, 0) is 4.79 Å². The summed E-state index contributed by atoms with van der Waals surface area (Å²) in [7, 11) is 0. The number of carbonyl (C=O) groups excluding carboxylic acids is 1. The number of anilines is 1. The van der Waals surface area contributed by atoms with Crippen LogP contribution in [0.3, 0.4) is 0 Å². The van der Waals surface area contributed by atoms with Gasteiger partial charge in [-0.25, -0.2) is 0 Å². The van der Waals surface area contributed by atoms with E-state index in [0.29, 0.717) is 0 Å². The van der Waals surface area contributed by atoms with Crippen molar-refractivity contribution in [1.29, 1.82) is 0 Å². The molecule has 0 saturated carbocycles. The van der Waals surface area contributed by atoms with Crippen molar-refractivity contribution >= 4 is 11.6 Å². The van der Waals surface area contributed by atoms with Gasteiger partial charge >= 0.3 is 0 Å². The molecule has 13 heavy (non-hydrogen) atoms. The SMILES string of the molecule is CCC1C(=O)Nc2cc(O)ccc21. The Hall–Kier alpha value is -1.51. The van der Waals surface area contributed by atoms with Crippen molar-refractivity contribution in [2.24, 2.45) is 0 Å². The molecule has 1 unspecified atom stereocenters. The summed E-state index contributed by atoms with van der Waals surface area (Å²) in [5.74, 6) is 0.175. The summed E-state index contributed by atoms with van der Waals surface area (Å²) in [6.07, 6.45) is 0.795. The number of nitrogens with one attached hydrogen (secondary N) is 1. The lowest BCUT2D eigenvalue weighted by Gasteiger charge is -2.03. The molecule has 1 aromatic carbocycles. The van der Waals surface area contributed by atoms with Crippen LogP contribution in [0.1, 0.15) is 24.8 Å². The van der Waals surface area contributed by atoms with Gasteiger partial charge in [-0.2, -0.15) is 0 Å². The van der Waals surface area contributed by atoms with E-state index in [9.17, 15) is 9.90 Å². The van der Waals surface area contributed by atoms with Crippen molar-refractivity contribution in [3.8, 4) is 5.75 Å². The molecule has 2 rings (SSSR count). The van der Waals surface area contributed by atoms with E-state index in [2.05, 4.69) is 5.32 Å². The average Bonchev–Trinajstić information content (AvgIpc) is 2.39. The molecule has 0 radical (unpaired) electrons. The molecular weight excluding hydrogens is 166 g/mol. The molecule has 1 aliphatic rings. The number of phenolic OH excluding ortho intramolecular Hbond substituents is 1. The molecule has 2 N–H and O–H groups in total. The number of fused-ring (bicyclic) bond motifs is 1. The molecule has 1 heterocycles. The van der Waals surface area contributed by atoms with Gasteiger partial charge in [0.05, 0.1) is 5.92 Å². The monoisotopic (exact) mass is 177 g/mol. The Morgan fingerprint density at radius 1 is 1.54 bits per heavy atom. The topological polar surface area (TPSA) is 49.3 Å². The molecule has 3 heteroatoms. The number of hydrogen-bond acceptors (Lipinski definition) is 2. The second kappa shape index (κ2) is 2.76. The van der Waals surface area contributed by atoms with Crippen molar-refractivity contribution in [3.05, 3.63) is 23.8 Å². The first kappa shape index (κ1) is 8.10. The van der Waals surface area contributed by atoms with Crippen molar-refractivity contribution in [3.63, 3.8) is 0 Å². The molecule has 0 spiro atoms. The van der Waals surface area contributed by atoms with Crippen molar-refractivity contribution < 1.29 is 9.90 Å². The molecule has 0 bridgehead atoms. The lowest BCUT2D eigenvalue weighted by molar-refractivity contribution is -0.117. The van der Waals surface area contributed by atoms with Crippen LogP contribution >= 0.6 is 0 Å². The van der Waals surface area contributed by atoms with E-state index in [1.165, 1.54) is 0 Å². The largest absolute Gasteiger partial charge is 0.508 e. The van der Waals surface area contributed by atoms with Crippen LogP contribution in [0.2, 0.25) is 0 Å². The molecule has 0 aliphatic carbocycles. The summed E-state index contributed by atoms with van der Waals surface area (Å²) in [5.41, 5.74) is 1.74. The van der Waals surface area contributed by atoms with Crippen LogP contribution in [0, 0.1) is 0 Å². The maximum atomic E-state index is 11.4. The fourth-order valence-electron chi connectivity index (χ4n) is 1.72. The van der Waals surface area contributed by atoms with Crippen molar-refractivity contribution in [2.75, 3.05) is 5.32 Å². The Bertz CT molecular complexity index is 360. The molecule has 3 nitrogen and oxygen atoms in total. The van der Waals surface area contributed by atoms with Crippen LogP contribution in [0.4, 0.5) is 5.69 Å². The van der Waals surface area contributed by atoms with Gasteiger partial charge in [-0.15, -0.1) is 0 Å². The fraction of sp³-hybridized carbons (Fsp3) is 0.300. The molecule has 1 amide bonds. The Labute approximate surface area is 76.4 Å². The highest BCUT2D eigenvalue weighted by atomic mass is 16.3. The second-order valence-electron chi connectivity index (χ2n) is 3.22. The highest BCUT2D eigenvalue weighted by Gasteiger charge is 2.28. The summed E-state index contributed by atoms with van der Waals surface area (Å²) < 4.78 is 0. The van der Waals surface area contributed by atoms with Crippen LogP contribution in [0.25, 0.3) is 0 Å². The molecule has 1 aliphatic heterocycles. The van der Waals surface area contributed by atoms with E-state index in [1.807, 2.05) is 6.92 Å². The van der Waals surface area contributed by atoms with Crippen LogP contribution < -0.4 is 5.32 Å². The molecule has 1 atom stereocenters. The van der Waals surface area contributed by atoms with Gasteiger partial charge in [-0.1, -0.05) is 13.0 Å². The average molecular weight is 177 g/mol. The van der Waals surface area contributed by atoms with Crippen LogP contribution in [0.15, 0.2) is 18.2 Å². The van der Waals surface area contributed by atoms with Gasteiger partial charge in [0.15, 0.2) is 0 Å². The second-order valence-corrected chi connectivity index (χ2v) is 3.22. The van der Waals surface area contributed by atoms with Gasteiger partial charge in [0.2, 0.25) is 5.91 Å². The van der Waals surface area contributed by atoms with E-state index in [4.69, 9.17) is 0 Å². The van der Waals surface area contributed by atoms with Gasteiger partial charge in [0, 0.05) is 11.8 Å². The van der Waals surface area contributed by atoms with E-state index in [-0.39, 0.29) is 17.6 Å². The number of phenols is 1. The smallest absolute Gasteiger partial charge is 0.231 e. The Kier molecular flexibility index (Phi) is 1.72. The van der Waals surface area contributed by atoms with Gasteiger partial charge in [-0.05, 0) is 18.1 Å². The Balaban J connectivity index is 2.48. The number of aromatic hydroxyl groups is 1. The molecule has 0 saturated heterocycles. The lowest BCUT2D eigenvalue weighted by Crippen LogP contribution is -2.10. The number of hydrogen-bond donors (Lipinski definition) is 2. The zero-order valence-corrected chi connectivity index (χ0v) is 7.37. The zero-order valence-electron chi connectivity index (χ0n) is 7.37. The minimum atomic E-state index is -0.0457. The number of benzene rings is 1. The quantitative estimate of drug-likeness (QED) is 0.687. The first-order valence-electron chi connectivity index (χ1n) is 4.36. The van der Waals surface area contributed by atoms with Gasteiger partial charge in [0.1, 0.15) is 5.75 Å². The predicted octanol–water partition coefficient (Wildman–Crippen LogP) is 1.84. The van der Waals surface area contributed by atoms with Crippen molar-refractivity contribution in [1.82, 2.24) is 0 Å². The third-order valence-electron chi connectivity index (χ3n) is 2.39. The van der Waals surface area contributed by atoms with Gasteiger partial charge in [-0.3, -0.25) is 4.79 Å². The van der Waals surface area contributed by atoms with E-state index in [0.717, 1.165) is 17.7 Å². The molecule has 0 fully saturated rings. The summed E-state index contributed by atoms with van der Waals surface area (Å²) in [4.78, 5) is 11.4. The summed E-state index contributed by atoms with van der Waals surface area (Å²) >= 11 is 0. The maximum absolute atomic E-state index is 11.4. The summed E-state index contributed by atoms with van der Waals surface area (Å²) in [5, 5.41) is 11.9. The summed E-state index contributed by atoms with van der Waals surface area (Å²) in [6.45, 7) is 1.98. The third kappa shape index (κ3) is 1.16. The van der Waals surface area contributed by atoms with Crippen molar-refractivity contribution in [2.45, 2.75) is 19.3 Å². The first-order valence-corrected chi connectivity index (χ1v) is 4.36. The van der Waals surface area contributed by atoms with Crippen LogP contribution in [-0.4, -0.2) is 11.0 Å². The van der Waals surface area contributed by atoms with Crippen LogP contribution in [0.5, 0.6) is 5.75 Å². The predicted molar refractivity (Wildman–Crippen MR) is 49.8 cm³/mol. The molecule has 1 aromatic rings. The summed E-state index contributed by atoms with van der Waals surface area (Å²) in [6, 6.07) is 5.00. The van der Waals surface area contributed by atoms with Gasteiger partial charge < -0.3 is 10.4 Å². The Morgan fingerprint density at radius 3 is 3.00 bits per heavy atom. The highest BCUT2D eigenvalue weighted by Crippen LogP contribution is 2.36.